The van der Waals surface area contributed by atoms with Crippen LogP contribution < -0.4 is 9.47 Å². The van der Waals surface area contributed by atoms with Gasteiger partial charge >= 0.3 is 6.18 Å². The van der Waals surface area contributed by atoms with Crippen molar-refractivity contribution in [2.24, 2.45) is 5.16 Å². The molecule has 0 unspecified atom stereocenters. The molecule has 4 rings (SSSR count). The van der Waals surface area contributed by atoms with E-state index in [1.807, 2.05) is 0 Å². The van der Waals surface area contributed by atoms with Gasteiger partial charge in [0.25, 0.3) is 0 Å². The third-order valence-corrected chi connectivity index (χ3v) is 4.96. The van der Waals surface area contributed by atoms with Crippen LogP contribution in [0, 0.1) is 6.92 Å². The van der Waals surface area contributed by atoms with Gasteiger partial charge < -0.3 is 14.3 Å². The van der Waals surface area contributed by atoms with Crippen LogP contribution in [0.15, 0.2) is 65.8 Å². The van der Waals surface area contributed by atoms with Crippen molar-refractivity contribution in [1.29, 1.82) is 0 Å². The molecule has 160 valence electrons. The minimum absolute atomic E-state index is 0.101. The summed E-state index contributed by atoms with van der Waals surface area (Å²) >= 11 is 3.27. The van der Waals surface area contributed by atoms with E-state index in [4.69, 9.17) is 14.3 Å². The summed E-state index contributed by atoms with van der Waals surface area (Å²) in [6, 6.07) is 15.4. The SMILES string of the molecule is Cc1ccc([C@@H]2CC(Br)=NO2)nc1Oc1cccc(C(F)(F)F)c1Oc1ccccc1. The Morgan fingerprint density at radius 1 is 1.00 bits per heavy atom. The number of nitrogens with zero attached hydrogens (tertiary/aromatic N) is 2. The number of benzene rings is 2. The van der Waals surface area contributed by atoms with E-state index in [2.05, 4.69) is 26.1 Å². The molecular formula is C22H16BrF3N2O3. The summed E-state index contributed by atoms with van der Waals surface area (Å²) in [5, 5.41) is 3.84. The molecule has 1 aromatic heterocycles. The minimum atomic E-state index is -4.63. The summed E-state index contributed by atoms with van der Waals surface area (Å²) in [4.78, 5) is 9.76. The summed E-state index contributed by atoms with van der Waals surface area (Å²) < 4.78 is 53.1. The number of hydrogen-bond donors (Lipinski definition) is 0. The molecule has 1 aliphatic rings. The van der Waals surface area contributed by atoms with Crippen LogP contribution >= 0.6 is 15.9 Å². The first-order valence-corrected chi connectivity index (χ1v) is 10.1. The van der Waals surface area contributed by atoms with E-state index < -0.39 is 23.6 Å². The van der Waals surface area contributed by atoms with Gasteiger partial charge in [0.1, 0.15) is 15.9 Å². The van der Waals surface area contributed by atoms with Gasteiger partial charge in [0.2, 0.25) is 5.88 Å². The summed E-state index contributed by atoms with van der Waals surface area (Å²) in [5.74, 6) is -0.127. The molecule has 0 fully saturated rings. The number of aryl methyl sites for hydroxylation is 1. The van der Waals surface area contributed by atoms with Gasteiger partial charge in [-0.2, -0.15) is 13.2 Å². The second kappa shape index (κ2) is 8.58. The second-order valence-corrected chi connectivity index (χ2v) is 7.69. The van der Waals surface area contributed by atoms with Gasteiger partial charge in [-0.05, 0) is 53.2 Å². The zero-order chi connectivity index (χ0) is 22.0. The molecule has 0 spiro atoms. The molecule has 0 N–H and O–H groups in total. The van der Waals surface area contributed by atoms with E-state index in [0.29, 0.717) is 22.3 Å². The average Bonchev–Trinajstić information content (AvgIpc) is 3.17. The van der Waals surface area contributed by atoms with Crippen LogP contribution in [0.25, 0.3) is 0 Å². The fourth-order valence-electron chi connectivity index (χ4n) is 2.95. The first-order valence-electron chi connectivity index (χ1n) is 9.28. The summed E-state index contributed by atoms with van der Waals surface area (Å²) in [6.07, 6.45) is -4.53. The molecule has 0 amide bonds. The summed E-state index contributed by atoms with van der Waals surface area (Å²) in [7, 11) is 0. The predicted octanol–water partition coefficient (Wildman–Crippen LogP) is 7.16. The second-order valence-electron chi connectivity index (χ2n) is 6.77. The highest BCUT2D eigenvalue weighted by atomic mass is 79.9. The summed E-state index contributed by atoms with van der Waals surface area (Å²) in [5.41, 5.74) is 0.250. The first kappa shape index (κ1) is 21.2. The van der Waals surface area contributed by atoms with Gasteiger partial charge in [0.05, 0.1) is 5.69 Å². The Morgan fingerprint density at radius 3 is 2.45 bits per heavy atom. The lowest BCUT2D eigenvalue weighted by atomic mass is 10.1. The third kappa shape index (κ3) is 4.82. The zero-order valence-electron chi connectivity index (χ0n) is 16.2. The molecule has 0 aliphatic carbocycles. The predicted molar refractivity (Wildman–Crippen MR) is 112 cm³/mol. The molecule has 0 saturated heterocycles. The van der Waals surface area contributed by atoms with Crippen LogP contribution in [-0.4, -0.2) is 9.60 Å². The normalized spacial score (nSPS) is 15.9. The van der Waals surface area contributed by atoms with Crippen molar-refractivity contribution in [3.63, 3.8) is 0 Å². The van der Waals surface area contributed by atoms with E-state index in [1.165, 1.54) is 12.1 Å². The molecule has 31 heavy (non-hydrogen) atoms. The average molecular weight is 493 g/mol. The highest BCUT2D eigenvalue weighted by Gasteiger charge is 2.36. The molecule has 1 atom stereocenters. The number of pyridine rings is 1. The van der Waals surface area contributed by atoms with E-state index in [-0.39, 0.29) is 17.4 Å². The topological polar surface area (TPSA) is 52.9 Å². The van der Waals surface area contributed by atoms with Gasteiger partial charge in [0, 0.05) is 12.0 Å². The van der Waals surface area contributed by atoms with Crippen LogP contribution in [0.1, 0.15) is 29.3 Å². The number of halogens is 4. The molecule has 0 saturated carbocycles. The molecular weight excluding hydrogens is 477 g/mol. The Balaban J connectivity index is 1.71. The highest BCUT2D eigenvalue weighted by Crippen LogP contribution is 2.45. The van der Waals surface area contributed by atoms with Gasteiger partial charge in [-0.25, -0.2) is 4.98 Å². The van der Waals surface area contributed by atoms with Crippen LogP contribution in [0.3, 0.4) is 0 Å². The van der Waals surface area contributed by atoms with Crippen molar-refractivity contribution in [1.82, 2.24) is 4.98 Å². The van der Waals surface area contributed by atoms with Crippen molar-refractivity contribution in [3.05, 3.63) is 77.5 Å². The van der Waals surface area contributed by atoms with E-state index in [0.717, 1.165) is 6.07 Å². The lowest BCUT2D eigenvalue weighted by molar-refractivity contribution is -0.138. The number of hydrogen-bond acceptors (Lipinski definition) is 5. The van der Waals surface area contributed by atoms with E-state index in [9.17, 15) is 13.2 Å². The van der Waals surface area contributed by atoms with Crippen LogP contribution in [0.4, 0.5) is 13.2 Å². The van der Waals surface area contributed by atoms with Crippen LogP contribution in [0.5, 0.6) is 23.1 Å². The molecule has 0 radical (unpaired) electrons. The quantitative estimate of drug-likeness (QED) is 0.379. The maximum Gasteiger partial charge on any atom is 0.420 e. The number of alkyl halides is 3. The third-order valence-electron chi connectivity index (χ3n) is 4.49. The van der Waals surface area contributed by atoms with Crippen molar-refractivity contribution < 1.29 is 27.5 Å². The number of ether oxygens (including phenoxy) is 2. The number of aromatic nitrogens is 1. The molecule has 1 aliphatic heterocycles. The van der Waals surface area contributed by atoms with Gasteiger partial charge in [-0.1, -0.05) is 35.5 Å². The van der Waals surface area contributed by atoms with Gasteiger partial charge in [0.15, 0.2) is 17.6 Å². The zero-order valence-corrected chi connectivity index (χ0v) is 17.8. The number of rotatable bonds is 5. The van der Waals surface area contributed by atoms with Crippen molar-refractivity contribution in [2.75, 3.05) is 0 Å². The number of para-hydroxylation sites is 2. The van der Waals surface area contributed by atoms with Crippen molar-refractivity contribution in [2.45, 2.75) is 25.6 Å². The van der Waals surface area contributed by atoms with Crippen molar-refractivity contribution in [3.8, 4) is 23.1 Å². The molecule has 5 nitrogen and oxygen atoms in total. The smallest absolute Gasteiger partial charge is 0.420 e. The number of oxime groups is 1. The lowest BCUT2D eigenvalue weighted by Crippen LogP contribution is -2.08. The molecule has 2 heterocycles. The maximum absolute atomic E-state index is 13.7. The minimum Gasteiger partial charge on any atom is -0.453 e. The maximum atomic E-state index is 13.7. The van der Waals surface area contributed by atoms with Gasteiger partial charge in [-0.3, -0.25) is 0 Å². The monoisotopic (exact) mass is 492 g/mol. The Morgan fingerprint density at radius 2 is 1.77 bits per heavy atom. The Kier molecular flexibility index (Phi) is 5.86. The first-order chi connectivity index (χ1) is 14.8. The van der Waals surface area contributed by atoms with Crippen LogP contribution in [-0.2, 0) is 11.0 Å². The molecule has 9 heteroatoms. The Hall–Kier alpha value is -3.07. The largest absolute Gasteiger partial charge is 0.453 e. The van der Waals surface area contributed by atoms with E-state index in [1.54, 1.807) is 49.4 Å². The van der Waals surface area contributed by atoms with E-state index >= 15 is 0 Å². The fourth-order valence-corrected chi connectivity index (χ4v) is 3.33. The molecule has 3 aromatic rings. The van der Waals surface area contributed by atoms with Crippen molar-refractivity contribution >= 4 is 20.6 Å². The highest BCUT2D eigenvalue weighted by molar-refractivity contribution is 9.18. The lowest BCUT2D eigenvalue weighted by Gasteiger charge is -2.18. The Labute approximate surface area is 184 Å². The molecule has 0 bridgehead atoms. The standard InChI is InChI=1S/C22H16BrF3N2O3/c1-13-10-11-16(18-12-19(23)28-31-18)27-21(13)30-17-9-5-8-15(22(24,25)26)20(17)29-14-6-3-2-4-7-14/h2-11,18H,12H2,1H3/t18-/m0/s1. The Bertz CT molecular complexity index is 1120. The van der Waals surface area contributed by atoms with Crippen LogP contribution in [0.2, 0.25) is 0 Å². The summed E-state index contributed by atoms with van der Waals surface area (Å²) in [6.45, 7) is 1.75. The fraction of sp³-hybridized carbons (Fsp3) is 0.182. The van der Waals surface area contributed by atoms with Gasteiger partial charge in [-0.15, -0.1) is 0 Å². The molecule has 2 aromatic carbocycles.